The monoisotopic (exact) mass is 342 g/mol. The molecule has 0 saturated heterocycles. The zero-order valence-electron chi connectivity index (χ0n) is 6.93. The Kier molecular flexibility index (Phi) is 8.27. The third-order valence-electron chi connectivity index (χ3n) is 1.07. The van der Waals surface area contributed by atoms with Gasteiger partial charge in [0, 0.05) is 15.5 Å². The summed E-state index contributed by atoms with van der Waals surface area (Å²) in [6, 6.07) is 8.46. The molecular weight excluding hydrogens is 331 g/mol. The van der Waals surface area contributed by atoms with Crippen LogP contribution in [0.5, 0.6) is 0 Å². The molecule has 0 spiro atoms. The molecule has 0 aliphatic carbocycles. The molecule has 68 valence electrons. The summed E-state index contributed by atoms with van der Waals surface area (Å²) in [6.45, 7) is 1.93. The number of halogens is 2. The van der Waals surface area contributed by atoms with Crippen LogP contribution in [0, 0.1) is 3.57 Å². The van der Waals surface area contributed by atoms with Crippen LogP contribution in [0.4, 0.5) is 0 Å². The first-order chi connectivity index (χ1) is 5.74. The van der Waals surface area contributed by atoms with Crippen molar-refractivity contribution in [2.75, 3.05) is 6.61 Å². The van der Waals surface area contributed by atoms with Gasteiger partial charge < -0.3 is 5.11 Å². The van der Waals surface area contributed by atoms with E-state index in [0.29, 0.717) is 0 Å². The van der Waals surface area contributed by atoms with E-state index < -0.39 is 0 Å². The lowest BCUT2D eigenvalue weighted by molar-refractivity contribution is 0.318. The van der Waals surface area contributed by atoms with Crippen LogP contribution in [-0.2, 0) is 5.33 Å². The summed E-state index contributed by atoms with van der Waals surface area (Å²) < 4.78 is 1.29. The molecule has 0 amide bonds. The van der Waals surface area contributed by atoms with Gasteiger partial charge in [0.2, 0.25) is 0 Å². The minimum atomic E-state index is 0.250. The fourth-order valence-electron chi connectivity index (χ4n) is 0.573. The molecule has 0 aliphatic heterocycles. The van der Waals surface area contributed by atoms with Crippen molar-refractivity contribution in [2.24, 2.45) is 0 Å². The van der Waals surface area contributed by atoms with Crippen molar-refractivity contribution in [3.63, 3.8) is 0 Å². The van der Waals surface area contributed by atoms with E-state index in [2.05, 4.69) is 62.8 Å². The average Bonchev–Trinajstić information content (AvgIpc) is 2.07. The Morgan fingerprint density at radius 1 is 1.33 bits per heavy atom. The molecule has 1 nitrogen and oxygen atoms in total. The van der Waals surface area contributed by atoms with Crippen LogP contribution >= 0.6 is 38.5 Å². The first-order valence-corrected chi connectivity index (χ1v) is 5.85. The Bertz CT molecular complexity index is 198. The summed E-state index contributed by atoms with van der Waals surface area (Å²) in [4.78, 5) is 0. The van der Waals surface area contributed by atoms with Gasteiger partial charge in [0.05, 0.1) is 0 Å². The molecule has 0 radical (unpaired) electrons. The first kappa shape index (κ1) is 12.4. The predicted octanol–water partition coefficient (Wildman–Crippen LogP) is 3.18. The van der Waals surface area contributed by atoms with Crippen molar-refractivity contribution in [2.45, 2.75) is 12.3 Å². The van der Waals surface area contributed by atoms with Crippen LogP contribution in [0.1, 0.15) is 12.5 Å². The summed E-state index contributed by atoms with van der Waals surface area (Å²) >= 11 is 5.68. The third kappa shape index (κ3) is 5.97. The van der Waals surface area contributed by atoms with Crippen molar-refractivity contribution in [1.82, 2.24) is 0 Å². The highest BCUT2D eigenvalue weighted by Gasteiger charge is 1.86. The van der Waals surface area contributed by atoms with Gasteiger partial charge in [-0.1, -0.05) is 28.1 Å². The van der Waals surface area contributed by atoms with E-state index in [1.54, 1.807) is 6.92 Å². The van der Waals surface area contributed by atoms with Crippen molar-refractivity contribution >= 4 is 38.5 Å². The molecule has 1 aromatic carbocycles. The number of hydrogen-bond acceptors (Lipinski definition) is 1. The van der Waals surface area contributed by atoms with Gasteiger partial charge in [-0.15, -0.1) is 0 Å². The lowest BCUT2D eigenvalue weighted by Gasteiger charge is -1.92. The molecule has 1 aromatic rings. The number of alkyl halides is 1. The molecule has 12 heavy (non-hydrogen) atoms. The molecular formula is C9H12BrIO. The molecule has 0 aromatic heterocycles. The summed E-state index contributed by atoms with van der Waals surface area (Å²) in [5.41, 5.74) is 1.33. The highest BCUT2D eigenvalue weighted by molar-refractivity contribution is 14.1. The number of aliphatic hydroxyl groups is 1. The second-order valence-electron chi connectivity index (χ2n) is 2.08. The Balaban J connectivity index is 0.000000354. The van der Waals surface area contributed by atoms with Gasteiger partial charge >= 0.3 is 0 Å². The second-order valence-corrected chi connectivity index (χ2v) is 3.88. The van der Waals surface area contributed by atoms with Gasteiger partial charge in [0.25, 0.3) is 0 Å². The maximum absolute atomic E-state index is 7.57. The largest absolute Gasteiger partial charge is 0.397 e. The SMILES string of the molecule is BrCc1ccc(I)cc1.CCO. The molecule has 0 heterocycles. The van der Waals surface area contributed by atoms with E-state index in [9.17, 15) is 0 Å². The predicted molar refractivity (Wildman–Crippen MR) is 64.5 cm³/mol. The number of benzene rings is 1. The van der Waals surface area contributed by atoms with Crippen LogP contribution in [0.15, 0.2) is 24.3 Å². The zero-order valence-corrected chi connectivity index (χ0v) is 10.7. The lowest BCUT2D eigenvalue weighted by Crippen LogP contribution is -1.75. The van der Waals surface area contributed by atoms with Crippen LogP contribution in [0.3, 0.4) is 0 Å². The topological polar surface area (TPSA) is 20.2 Å². The lowest BCUT2D eigenvalue weighted by atomic mass is 10.2. The van der Waals surface area contributed by atoms with Crippen LogP contribution in [-0.4, -0.2) is 11.7 Å². The van der Waals surface area contributed by atoms with Crippen molar-refractivity contribution in [1.29, 1.82) is 0 Å². The van der Waals surface area contributed by atoms with Crippen molar-refractivity contribution < 1.29 is 5.11 Å². The number of rotatable bonds is 1. The second kappa shape index (κ2) is 8.01. The molecule has 0 atom stereocenters. The minimum Gasteiger partial charge on any atom is -0.397 e. The zero-order chi connectivity index (χ0) is 9.40. The molecule has 1 rings (SSSR count). The quantitative estimate of drug-likeness (QED) is 0.614. The Hall–Kier alpha value is 0.390. The molecule has 0 unspecified atom stereocenters. The molecule has 1 N–H and O–H groups in total. The number of aliphatic hydroxyl groups excluding tert-OH is 1. The average molecular weight is 343 g/mol. The van der Waals surface area contributed by atoms with Gasteiger partial charge in [-0.2, -0.15) is 0 Å². The van der Waals surface area contributed by atoms with Crippen LogP contribution < -0.4 is 0 Å². The summed E-state index contributed by atoms with van der Waals surface area (Å²) in [5, 5.41) is 8.52. The van der Waals surface area contributed by atoms with Gasteiger partial charge in [-0.3, -0.25) is 0 Å². The summed E-state index contributed by atoms with van der Waals surface area (Å²) in [7, 11) is 0. The Morgan fingerprint density at radius 3 is 2.08 bits per heavy atom. The van der Waals surface area contributed by atoms with Gasteiger partial charge in [0.1, 0.15) is 0 Å². The summed E-state index contributed by atoms with van der Waals surface area (Å²) in [6.07, 6.45) is 0. The van der Waals surface area contributed by atoms with Crippen LogP contribution in [0.25, 0.3) is 0 Å². The number of hydrogen-bond donors (Lipinski definition) is 1. The standard InChI is InChI=1S/C7H6BrI.C2H6O/c8-5-6-1-3-7(9)4-2-6;1-2-3/h1-4H,5H2;3H,2H2,1H3. The van der Waals surface area contributed by atoms with Gasteiger partial charge in [-0.05, 0) is 47.2 Å². The van der Waals surface area contributed by atoms with E-state index in [-0.39, 0.29) is 6.61 Å². The van der Waals surface area contributed by atoms with Crippen LogP contribution in [0.2, 0.25) is 0 Å². The Morgan fingerprint density at radius 2 is 1.75 bits per heavy atom. The first-order valence-electron chi connectivity index (χ1n) is 3.65. The highest BCUT2D eigenvalue weighted by Crippen LogP contribution is 2.08. The maximum Gasteiger partial charge on any atom is 0.0402 e. The molecule has 3 heteroatoms. The van der Waals surface area contributed by atoms with E-state index in [1.807, 2.05) is 0 Å². The van der Waals surface area contributed by atoms with Crippen molar-refractivity contribution in [3.05, 3.63) is 33.4 Å². The van der Waals surface area contributed by atoms with Gasteiger partial charge in [0.15, 0.2) is 0 Å². The maximum atomic E-state index is 7.57. The smallest absolute Gasteiger partial charge is 0.0402 e. The van der Waals surface area contributed by atoms with Crippen molar-refractivity contribution in [3.8, 4) is 0 Å². The molecule has 0 bridgehead atoms. The third-order valence-corrected chi connectivity index (χ3v) is 2.43. The fraction of sp³-hybridized carbons (Fsp3) is 0.333. The minimum absolute atomic E-state index is 0.250. The molecule has 0 aliphatic rings. The molecule has 0 saturated carbocycles. The normalized spacial score (nSPS) is 8.67. The Labute approximate surface area is 95.5 Å². The summed E-state index contributed by atoms with van der Waals surface area (Å²) in [5.74, 6) is 0. The van der Waals surface area contributed by atoms with Gasteiger partial charge in [-0.25, -0.2) is 0 Å². The van der Waals surface area contributed by atoms with E-state index in [4.69, 9.17) is 5.11 Å². The van der Waals surface area contributed by atoms with E-state index in [1.165, 1.54) is 9.13 Å². The molecule has 0 fully saturated rings. The van der Waals surface area contributed by atoms with E-state index in [0.717, 1.165) is 5.33 Å². The fourth-order valence-corrected chi connectivity index (χ4v) is 1.31. The van der Waals surface area contributed by atoms with E-state index >= 15 is 0 Å². The highest BCUT2D eigenvalue weighted by atomic mass is 127.